The number of para-hydroxylation sites is 1. The highest BCUT2D eigenvalue weighted by atomic mass is 32.2. The number of nitrogens with zero attached hydrogens (tertiary/aromatic N) is 1. The molecule has 0 radical (unpaired) electrons. The zero-order valence-electron chi connectivity index (χ0n) is 12.2. The van der Waals surface area contributed by atoms with Crippen LogP contribution in [0.4, 0.5) is 23.7 Å². The van der Waals surface area contributed by atoms with Crippen LogP contribution >= 0.6 is 11.8 Å². The molecule has 0 saturated heterocycles. The van der Waals surface area contributed by atoms with Crippen LogP contribution in [-0.4, -0.2) is 35.9 Å². The molecular formula is C14H19F3N2OS. The first-order chi connectivity index (χ1) is 9.69. The molecule has 3 nitrogen and oxygen atoms in total. The van der Waals surface area contributed by atoms with Gasteiger partial charge in [-0.3, -0.25) is 0 Å². The molecule has 0 aromatic heterocycles. The second-order valence-corrected chi connectivity index (χ2v) is 6.50. The molecule has 0 saturated carbocycles. The Balaban J connectivity index is 2.66. The van der Waals surface area contributed by atoms with Gasteiger partial charge in [0, 0.05) is 23.7 Å². The number of halogens is 3. The Labute approximate surface area is 126 Å². The SMILES string of the molecule is CC(C)Sc1ccccc1NC(=O)N(C)CCC(F)(F)F. The van der Waals surface area contributed by atoms with Gasteiger partial charge < -0.3 is 10.2 Å². The van der Waals surface area contributed by atoms with Gasteiger partial charge in [-0.25, -0.2) is 4.79 Å². The number of hydrogen-bond donors (Lipinski definition) is 1. The molecule has 0 unspecified atom stereocenters. The Morgan fingerprint density at radius 3 is 2.52 bits per heavy atom. The van der Waals surface area contributed by atoms with E-state index < -0.39 is 18.6 Å². The summed E-state index contributed by atoms with van der Waals surface area (Å²) in [7, 11) is 1.35. The molecule has 0 heterocycles. The normalized spacial score (nSPS) is 11.6. The second-order valence-electron chi connectivity index (χ2n) is 4.88. The van der Waals surface area contributed by atoms with E-state index in [-0.39, 0.29) is 6.54 Å². The molecule has 0 bridgehead atoms. The number of urea groups is 1. The molecule has 1 aromatic carbocycles. The van der Waals surface area contributed by atoms with Crippen molar-refractivity contribution in [1.29, 1.82) is 0 Å². The van der Waals surface area contributed by atoms with Gasteiger partial charge in [0.2, 0.25) is 0 Å². The van der Waals surface area contributed by atoms with E-state index >= 15 is 0 Å². The molecule has 118 valence electrons. The highest BCUT2D eigenvalue weighted by Crippen LogP contribution is 2.30. The Bertz CT molecular complexity index is 478. The predicted molar refractivity (Wildman–Crippen MR) is 79.8 cm³/mol. The maximum atomic E-state index is 12.2. The standard InChI is InChI=1S/C14H19F3N2OS/c1-10(2)21-12-7-5-4-6-11(12)18-13(20)19(3)9-8-14(15,16)17/h4-7,10H,8-9H2,1-3H3,(H,18,20). The lowest BCUT2D eigenvalue weighted by Crippen LogP contribution is -2.34. The van der Waals surface area contributed by atoms with Crippen LogP contribution in [-0.2, 0) is 0 Å². The van der Waals surface area contributed by atoms with E-state index in [0.29, 0.717) is 10.9 Å². The summed E-state index contributed by atoms with van der Waals surface area (Å²) < 4.78 is 36.5. The summed E-state index contributed by atoms with van der Waals surface area (Å²) in [5.74, 6) is 0. The molecule has 7 heteroatoms. The molecule has 1 rings (SSSR count). The Morgan fingerprint density at radius 1 is 1.33 bits per heavy atom. The van der Waals surface area contributed by atoms with Gasteiger partial charge in [0.15, 0.2) is 0 Å². The second kappa shape index (κ2) is 7.59. The van der Waals surface area contributed by atoms with Gasteiger partial charge in [0.1, 0.15) is 0 Å². The topological polar surface area (TPSA) is 32.3 Å². The largest absolute Gasteiger partial charge is 0.390 e. The number of benzene rings is 1. The fourth-order valence-electron chi connectivity index (χ4n) is 1.53. The third-order valence-corrected chi connectivity index (χ3v) is 3.65. The molecule has 0 spiro atoms. The number of carbonyl (C=O) groups is 1. The number of carbonyl (C=O) groups excluding carboxylic acids is 1. The van der Waals surface area contributed by atoms with Crippen molar-refractivity contribution in [2.45, 2.75) is 36.6 Å². The van der Waals surface area contributed by atoms with Crippen LogP contribution in [0.25, 0.3) is 0 Å². The van der Waals surface area contributed by atoms with Gasteiger partial charge in [0.05, 0.1) is 12.1 Å². The first-order valence-electron chi connectivity index (χ1n) is 6.53. The molecule has 1 N–H and O–H groups in total. The monoisotopic (exact) mass is 320 g/mol. The van der Waals surface area contributed by atoms with Crippen molar-refractivity contribution in [3.63, 3.8) is 0 Å². The molecule has 0 aliphatic rings. The van der Waals surface area contributed by atoms with Gasteiger partial charge in [-0.05, 0) is 12.1 Å². The number of anilines is 1. The number of amides is 2. The zero-order valence-corrected chi connectivity index (χ0v) is 13.0. The minimum absolute atomic E-state index is 0.339. The molecule has 0 atom stereocenters. The van der Waals surface area contributed by atoms with Gasteiger partial charge >= 0.3 is 12.2 Å². The summed E-state index contributed by atoms with van der Waals surface area (Å²) in [6.45, 7) is 3.69. The average Bonchev–Trinajstić information content (AvgIpc) is 2.36. The lowest BCUT2D eigenvalue weighted by atomic mass is 10.3. The van der Waals surface area contributed by atoms with E-state index in [1.54, 1.807) is 23.9 Å². The summed E-state index contributed by atoms with van der Waals surface area (Å²) in [6.07, 6.45) is -5.28. The van der Waals surface area contributed by atoms with E-state index in [1.165, 1.54) is 7.05 Å². The molecule has 2 amide bonds. The van der Waals surface area contributed by atoms with Crippen molar-refractivity contribution >= 4 is 23.5 Å². The highest BCUT2D eigenvalue weighted by Gasteiger charge is 2.28. The highest BCUT2D eigenvalue weighted by molar-refractivity contribution is 8.00. The fourth-order valence-corrected chi connectivity index (χ4v) is 2.44. The lowest BCUT2D eigenvalue weighted by molar-refractivity contribution is -0.135. The molecule has 0 fully saturated rings. The van der Waals surface area contributed by atoms with Gasteiger partial charge in [-0.15, -0.1) is 11.8 Å². The first kappa shape index (κ1) is 17.7. The summed E-state index contributed by atoms with van der Waals surface area (Å²) >= 11 is 1.58. The summed E-state index contributed by atoms with van der Waals surface area (Å²) in [5, 5.41) is 2.99. The minimum Gasteiger partial charge on any atom is -0.327 e. The van der Waals surface area contributed by atoms with Crippen molar-refractivity contribution in [2.24, 2.45) is 0 Å². The van der Waals surface area contributed by atoms with Crippen LogP contribution in [0.3, 0.4) is 0 Å². The van der Waals surface area contributed by atoms with Crippen molar-refractivity contribution in [1.82, 2.24) is 4.90 Å². The quantitative estimate of drug-likeness (QED) is 0.804. The minimum atomic E-state index is -4.26. The van der Waals surface area contributed by atoms with Gasteiger partial charge in [-0.2, -0.15) is 13.2 Å². The molecular weight excluding hydrogens is 301 g/mol. The number of thioether (sulfide) groups is 1. The van der Waals surface area contributed by atoms with Crippen molar-refractivity contribution < 1.29 is 18.0 Å². The predicted octanol–water partition coefficient (Wildman–Crippen LogP) is 4.60. The Morgan fingerprint density at radius 2 is 1.95 bits per heavy atom. The van der Waals surface area contributed by atoms with Gasteiger partial charge in [-0.1, -0.05) is 26.0 Å². The van der Waals surface area contributed by atoms with Crippen LogP contribution in [0.1, 0.15) is 20.3 Å². The third-order valence-electron chi connectivity index (χ3n) is 2.57. The Kier molecular flexibility index (Phi) is 6.39. The van der Waals surface area contributed by atoms with E-state index in [2.05, 4.69) is 5.32 Å². The van der Waals surface area contributed by atoms with Crippen LogP contribution in [0, 0.1) is 0 Å². The van der Waals surface area contributed by atoms with Crippen LogP contribution < -0.4 is 5.32 Å². The van der Waals surface area contributed by atoms with Crippen molar-refractivity contribution in [3.8, 4) is 0 Å². The van der Waals surface area contributed by atoms with Crippen LogP contribution in [0.2, 0.25) is 0 Å². The molecule has 21 heavy (non-hydrogen) atoms. The van der Waals surface area contributed by atoms with E-state index in [9.17, 15) is 18.0 Å². The maximum absolute atomic E-state index is 12.2. The zero-order chi connectivity index (χ0) is 16.0. The third kappa shape index (κ3) is 6.75. The number of hydrogen-bond acceptors (Lipinski definition) is 2. The van der Waals surface area contributed by atoms with Crippen LogP contribution in [0.5, 0.6) is 0 Å². The van der Waals surface area contributed by atoms with Crippen molar-refractivity contribution in [2.75, 3.05) is 18.9 Å². The van der Waals surface area contributed by atoms with E-state index in [4.69, 9.17) is 0 Å². The fraction of sp³-hybridized carbons (Fsp3) is 0.500. The van der Waals surface area contributed by atoms with Crippen LogP contribution in [0.15, 0.2) is 29.2 Å². The number of alkyl halides is 3. The van der Waals surface area contributed by atoms with E-state index in [1.807, 2.05) is 26.0 Å². The molecule has 0 aliphatic heterocycles. The maximum Gasteiger partial charge on any atom is 0.390 e. The Hall–Kier alpha value is -1.37. The lowest BCUT2D eigenvalue weighted by Gasteiger charge is -2.20. The smallest absolute Gasteiger partial charge is 0.327 e. The molecule has 0 aliphatic carbocycles. The van der Waals surface area contributed by atoms with Gasteiger partial charge in [0.25, 0.3) is 0 Å². The number of nitrogens with one attached hydrogen (secondary N) is 1. The summed E-state index contributed by atoms with van der Waals surface area (Å²) in [6, 6.07) is 6.69. The van der Waals surface area contributed by atoms with E-state index in [0.717, 1.165) is 9.80 Å². The average molecular weight is 320 g/mol. The van der Waals surface area contributed by atoms with Crippen molar-refractivity contribution in [3.05, 3.63) is 24.3 Å². The first-order valence-corrected chi connectivity index (χ1v) is 7.41. The summed E-state index contributed by atoms with van der Waals surface area (Å²) in [4.78, 5) is 13.8. The summed E-state index contributed by atoms with van der Waals surface area (Å²) in [5.41, 5.74) is 0.611. The molecule has 1 aromatic rings. The number of rotatable bonds is 5.